The maximum absolute atomic E-state index is 5.91. The third-order valence-corrected chi connectivity index (χ3v) is 2.02. The zero-order chi connectivity index (χ0) is 11.0. The first-order valence-electron chi connectivity index (χ1n) is 5.13. The Labute approximate surface area is 92.0 Å². The smallest absolute Gasteiger partial charge is 0.120 e. The van der Waals surface area contributed by atoms with E-state index in [1.807, 2.05) is 39.0 Å². The van der Waals surface area contributed by atoms with Gasteiger partial charge in [-0.3, -0.25) is 0 Å². The Kier molecular flexibility index (Phi) is 7.31. The molecular formula is C12H19ClO. The summed E-state index contributed by atoms with van der Waals surface area (Å²) < 4.78 is 5.41. The van der Waals surface area contributed by atoms with Crippen LogP contribution in [0, 0.1) is 6.92 Å². The minimum absolute atomic E-state index is 0.749. The summed E-state index contributed by atoms with van der Waals surface area (Å²) >= 11 is 5.91. The molecule has 0 aliphatic heterocycles. The molecular weight excluding hydrogens is 196 g/mol. The Hall–Kier alpha value is -0.690. The summed E-state index contributed by atoms with van der Waals surface area (Å²) in [7, 11) is 0. The van der Waals surface area contributed by atoms with Crippen molar-refractivity contribution in [2.75, 3.05) is 6.61 Å². The normalized spacial score (nSPS) is 8.93. The minimum atomic E-state index is 0.749. The molecule has 0 unspecified atom stereocenters. The Bertz CT molecular complexity index is 258. The fourth-order valence-corrected chi connectivity index (χ4v) is 1.05. The summed E-state index contributed by atoms with van der Waals surface area (Å²) in [5.41, 5.74) is 1.08. The van der Waals surface area contributed by atoms with Crippen molar-refractivity contribution >= 4 is 11.6 Å². The summed E-state index contributed by atoms with van der Waals surface area (Å²) in [4.78, 5) is 0. The second-order valence-electron chi connectivity index (χ2n) is 2.76. The second-order valence-corrected chi connectivity index (χ2v) is 3.17. The van der Waals surface area contributed by atoms with Crippen LogP contribution in [0.15, 0.2) is 18.2 Å². The summed E-state index contributed by atoms with van der Waals surface area (Å²) in [5.74, 6) is 0.854. The molecule has 0 saturated heterocycles. The van der Waals surface area contributed by atoms with Gasteiger partial charge in [0.2, 0.25) is 0 Å². The first-order valence-corrected chi connectivity index (χ1v) is 5.50. The van der Waals surface area contributed by atoms with Gasteiger partial charge in [-0.25, -0.2) is 0 Å². The molecule has 0 N–H and O–H groups in total. The molecule has 2 heteroatoms. The Balaban J connectivity index is 0.000000791. The lowest BCUT2D eigenvalue weighted by Gasteiger charge is -2.05. The van der Waals surface area contributed by atoms with Crippen molar-refractivity contribution in [3.8, 4) is 5.75 Å². The van der Waals surface area contributed by atoms with Crippen LogP contribution in [0.3, 0.4) is 0 Å². The zero-order valence-corrected chi connectivity index (χ0v) is 10.2. The largest absolute Gasteiger partial charge is 0.494 e. The lowest BCUT2D eigenvalue weighted by Crippen LogP contribution is -1.94. The van der Waals surface area contributed by atoms with Gasteiger partial charge in [-0.05, 0) is 31.0 Å². The maximum Gasteiger partial charge on any atom is 0.120 e. The van der Waals surface area contributed by atoms with E-state index < -0.39 is 0 Å². The molecule has 0 radical (unpaired) electrons. The molecule has 1 nitrogen and oxygen atoms in total. The maximum atomic E-state index is 5.91. The summed E-state index contributed by atoms with van der Waals surface area (Å²) in [6.07, 6.45) is 1.02. The van der Waals surface area contributed by atoms with Crippen molar-refractivity contribution in [2.45, 2.75) is 34.1 Å². The number of halogens is 1. The quantitative estimate of drug-likeness (QED) is 0.722. The predicted molar refractivity (Wildman–Crippen MR) is 63.3 cm³/mol. The molecule has 0 atom stereocenters. The van der Waals surface area contributed by atoms with E-state index in [0.717, 1.165) is 29.4 Å². The highest BCUT2D eigenvalue weighted by Crippen LogP contribution is 2.21. The molecule has 1 aromatic carbocycles. The third kappa shape index (κ3) is 4.52. The molecule has 0 aliphatic rings. The number of hydrogen-bond donors (Lipinski definition) is 0. The van der Waals surface area contributed by atoms with Crippen LogP contribution in [0.5, 0.6) is 5.75 Å². The van der Waals surface area contributed by atoms with E-state index in [9.17, 15) is 0 Å². The van der Waals surface area contributed by atoms with Gasteiger partial charge >= 0.3 is 0 Å². The topological polar surface area (TPSA) is 9.23 Å². The molecule has 0 bridgehead atoms. The van der Waals surface area contributed by atoms with Crippen LogP contribution >= 0.6 is 11.6 Å². The van der Waals surface area contributed by atoms with Crippen LogP contribution in [0.1, 0.15) is 32.8 Å². The fourth-order valence-electron chi connectivity index (χ4n) is 0.883. The molecule has 0 aromatic heterocycles. The number of benzene rings is 1. The standard InChI is InChI=1S/C10H13ClO.C2H6/c1-3-6-12-9-5-4-8(2)10(11)7-9;1-2/h4-5,7H,3,6H2,1-2H3;1-2H3. The van der Waals surface area contributed by atoms with Gasteiger partial charge in [0, 0.05) is 5.02 Å². The van der Waals surface area contributed by atoms with Gasteiger partial charge in [0.25, 0.3) is 0 Å². The molecule has 0 heterocycles. The van der Waals surface area contributed by atoms with E-state index in [4.69, 9.17) is 16.3 Å². The molecule has 14 heavy (non-hydrogen) atoms. The van der Waals surface area contributed by atoms with Crippen LogP contribution in [0.2, 0.25) is 5.02 Å². The van der Waals surface area contributed by atoms with Gasteiger partial charge < -0.3 is 4.74 Å². The van der Waals surface area contributed by atoms with Gasteiger partial charge in [-0.15, -0.1) is 0 Å². The molecule has 1 aromatic rings. The first kappa shape index (κ1) is 13.3. The highest BCUT2D eigenvalue weighted by atomic mass is 35.5. The number of rotatable bonds is 3. The van der Waals surface area contributed by atoms with Gasteiger partial charge in [0.1, 0.15) is 5.75 Å². The van der Waals surface area contributed by atoms with Crippen molar-refractivity contribution < 1.29 is 4.74 Å². The summed E-state index contributed by atoms with van der Waals surface area (Å²) in [5, 5.41) is 0.767. The average molecular weight is 215 g/mol. The van der Waals surface area contributed by atoms with Crippen LogP contribution < -0.4 is 4.74 Å². The van der Waals surface area contributed by atoms with E-state index >= 15 is 0 Å². The van der Waals surface area contributed by atoms with Crippen LogP contribution in [-0.4, -0.2) is 6.61 Å². The van der Waals surface area contributed by atoms with Crippen molar-refractivity contribution in [3.63, 3.8) is 0 Å². The molecule has 1 rings (SSSR count). The molecule has 0 amide bonds. The fraction of sp³-hybridized carbons (Fsp3) is 0.500. The number of aryl methyl sites for hydroxylation is 1. The molecule has 0 spiro atoms. The molecule has 0 aliphatic carbocycles. The van der Waals surface area contributed by atoms with Crippen LogP contribution in [0.4, 0.5) is 0 Å². The van der Waals surface area contributed by atoms with Crippen molar-refractivity contribution in [1.29, 1.82) is 0 Å². The van der Waals surface area contributed by atoms with Crippen molar-refractivity contribution in [2.24, 2.45) is 0 Å². The lowest BCUT2D eigenvalue weighted by atomic mass is 10.2. The van der Waals surface area contributed by atoms with Crippen molar-refractivity contribution in [3.05, 3.63) is 28.8 Å². The van der Waals surface area contributed by atoms with Gasteiger partial charge in [0.15, 0.2) is 0 Å². The van der Waals surface area contributed by atoms with Crippen molar-refractivity contribution in [1.82, 2.24) is 0 Å². The predicted octanol–water partition coefficient (Wildman–Crippen LogP) is 4.46. The van der Waals surface area contributed by atoms with E-state index in [1.165, 1.54) is 0 Å². The highest BCUT2D eigenvalue weighted by molar-refractivity contribution is 6.31. The van der Waals surface area contributed by atoms with Crippen LogP contribution in [-0.2, 0) is 0 Å². The second kappa shape index (κ2) is 7.69. The number of ether oxygens (including phenoxy) is 1. The lowest BCUT2D eigenvalue weighted by molar-refractivity contribution is 0.317. The van der Waals surface area contributed by atoms with Gasteiger partial charge in [-0.2, -0.15) is 0 Å². The first-order chi connectivity index (χ1) is 6.74. The Morgan fingerprint density at radius 2 is 1.93 bits per heavy atom. The third-order valence-electron chi connectivity index (χ3n) is 1.62. The van der Waals surface area contributed by atoms with E-state index in [1.54, 1.807) is 0 Å². The SMILES string of the molecule is CC.CCCOc1ccc(C)c(Cl)c1. The monoisotopic (exact) mass is 214 g/mol. The highest BCUT2D eigenvalue weighted by Gasteiger charge is 1.97. The number of hydrogen-bond acceptors (Lipinski definition) is 1. The Morgan fingerprint density at radius 1 is 1.29 bits per heavy atom. The van der Waals surface area contributed by atoms with Gasteiger partial charge in [0.05, 0.1) is 6.61 Å². The van der Waals surface area contributed by atoms with Crippen LogP contribution in [0.25, 0.3) is 0 Å². The summed E-state index contributed by atoms with van der Waals surface area (Å²) in [6, 6.07) is 5.76. The van der Waals surface area contributed by atoms with Gasteiger partial charge in [-0.1, -0.05) is 38.4 Å². The Morgan fingerprint density at radius 3 is 2.43 bits per heavy atom. The molecule has 0 saturated carbocycles. The zero-order valence-electron chi connectivity index (χ0n) is 9.43. The van der Waals surface area contributed by atoms with E-state index in [-0.39, 0.29) is 0 Å². The van der Waals surface area contributed by atoms with E-state index in [2.05, 4.69) is 6.92 Å². The average Bonchev–Trinajstić information content (AvgIpc) is 2.23. The molecule has 0 fully saturated rings. The summed E-state index contributed by atoms with van der Waals surface area (Å²) in [6.45, 7) is 8.81. The van der Waals surface area contributed by atoms with E-state index in [0.29, 0.717) is 0 Å². The minimum Gasteiger partial charge on any atom is -0.494 e. The molecule has 80 valence electrons.